The normalized spacial score (nSPS) is 11.7. The maximum atomic E-state index is 10.8. The lowest BCUT2D eigenvalue weighted by Gasteiger charge is -1.94. The van der Waals surface area contributed by atoms with Gasteiger partial charge in [-0.15, -0.1) is 0 Å². The first-order valence-electron chi connectivity index (χ1n) is 7.15. The zero-order valence-electron chi connectivity index (χ0n) is 12.5. The number of para-hydroxylation sites is 2. The molecule has 0 amide bonds. The maximum absolute atomic E-state index is 10.8. The summed E-state index contributed by atoms with van der Waals surface area (Å²) in [5, 5.41) is 20.1. The van der Waals surface area contributed by atoms with Crippen LogP contribution in [0.4, 0.5) is 5.69 Å². The summed E-state index contributed by atoms with van der Waals surface area (Å²) in [5.74, 6) is 0.488. The van der Waals surface area contributed by atoms with Gasteiger partial charge in [0.05, 0.1) is 21.5 Å². The lowest BCUT2D eigenvalue weighted by molar-refractivity contribution is -0.384. The van der Waals surface area contributed by atoms with Gasteiger partial charge >= 0.3 is 0 Å². The van der Waals surface area contributed by atoms with Gasteiger partial charge in [-0.3, -0.25) is 10.1 Å². The third-order valence-corrected chi connectivity index (χ3v) is 3.40. The van der Waals surface area contributed by atoms with Gasteiger partial charge in [-0.2, -0.15) is 5.26 Å². The van der Waals surface area contributed by atoms with Gasteiger partial charge in [-0.05, 0) is 23.8 Å². The van der Waals surface area contributed by atoms with Crippen molar-refractivity contribution in [2.24, 2.45) is 0 Å². The summed E-state index contributed by atoms with van der Waals surface area (Å²) in [5.41, 5.74) is 2.74. The van der Waals surface area contributed by atoms with Crippen molar-refractivity contribution in [3.05, 3.63) is 82.2 Å². The highest BCUT2D eigenvalue weighted by Gasteiger charge is 2.06. The Kier molecular flexibility index (Phi) is 4.17. The first-order chi connectivity index (χ1) is 11.7. The monoisotopic (exact) mass is 316 g/mol. The number of allylic oxidation sites excluding steroid dienone is 3. The molecule has 0 spiro atoms. The van der Waals surface area contributed by atoms with E-state index in [1.54, 1.807) is 30.4 Å². The van der Waals surface area contributed by atoms with Crippen LogP contribution in [0.5, 0.6) is 0 Å². The number of nitro benzene ring substituents is 1. The molecule has 3 aromatic rings. The molecule has 24 heavy (non-hydrogen) atoms. The summed E-state index contributed by atoms with van der Waals surface area (Å²) < 4.78 is 0. The Morgan fingerprint density at radius 2 is 2.08 bits per heavy atom. The second kappa shape index (κ2) is 6.58. The topological polar surface area (TPSA) is 95.6 Å². The molecule has 0 unspecified atom stereocenters. The van der Waals surface area contributed by atoms with Crippen molar-refractivity contribution in [3.8, 4) is 6.07 Å². The lowest BCUT2D eigenvalue weighted by Crippen LogP contribution is -1.87. The zero-order valence-corrected chi connectivity index (χ0v) is 12.5. The minimum atomic E-state index is -0.442. The van der Waals surface area contributed by atoms with Gasteiger partial charge in [0, 0.05) is 12.1 Å². The quantitative estimate of drug-likeness (QED) is 0.339. The Balaban J connectivity index is 1.87. The van der Waals surface area contributed by atoms with Crippen LogP contribution >= 0.6 is 0 Å². The van der Waals surface area contributed by atoms with Crippen LogP contribution in [0.3, 0.4) is 0 Å². The first-order valence-corrected chi connectivity index (χ1v) is 7.15. The molecule has 0 saturated heterocycles. The van der Waals surface area contributed by atoms with Crippen LogP contribution in [0.2, 0.25) is 0 Å². The average molecular weight is 316 g/mol. The number of nitro groups is 1. The minimum Gasteiger partial charge on any atom is -0.337 e. The molecule has 0 aliphatic carbocycles. The summed E-state index contributed by atoms with van der Waals surface area (Å²) in [6.07, 6.45) is 4.99. The molecule has 0 atom stereocenters. The fourth-order valence-corrected chi connectivity index (χ4v) is 2.25. The SMILES string of the molecule is N#CC(=CC=Cc1cccc([N+](=O)[O-])c1)c1nc2ccccc2[nH]1. The third kappa shape index (κ3) is 3.20. The van der Waals surface area contributed by atoms with Crippen LogP contribution < -0.4 is 0 Å². The van der Waals surface area contributed by atoms with E-state index in [-0.39, 0.29) is 5.69 Å². The Morgan fingerprint density at radius 1 is 1.25 bits per heavy atom. The Hall–Kier alpha value is -3.72. The molecular formula is C18H12N4O2. The molecule has 0 radical (unpaired) electrons. The van der Waals surface area contributed by atoms with Crippen LogP contribution in [-0.2, 0) is 0 Å². The van der Waals surface area contributed by atoms with Crippen molar-refractivity contribution in [2.75, 3.05) is 0 Å². The lowest BCUT2D eigenvalue weighted by atomic mass is 10.1. The van der Waals surface area contributed by atoms with E-state index in [0.29, 0.717) is 17.0 Å². The largest absolute Gasteiger partial charge is 0.337 e. The highest BCUT2D eigenvalue weighted by Crippen LogP contribution is 2.17. The van der Waals surface area contributed by atoms with E-state index in [9.17, 15) is 15.4 Å². The van der Waals surface area contributed by atoms with Gasteiger partial charge in [0.25, 0.3) is 5.69 Å². The van der Waals surface area contributed by atoms with E-state index in [1.807, 2.05) is 24.3 Å². The zero-order chi connectivity index (χ0) is 16.9. The predicted octanol–water partition coefficient (Wildman–Crippen LogP) is 4.09. The molecule has 6 heteroatoms. The molecule has 116 valence electrons. The van der Waals surface area contributed by atoms with E-state index in [0.717, 1.165) is 11.0 Å². The molecular weight excluding hydrogens is 304 g/mol. The Morgan fingerprint density at radius 3 is 2.83 bits per heavy atom. The van der Waals surface area contributed by atoms with Crippen molar-refractivity contribution < 1.29 is 4.92 Å². The van der Waals surface area contributed by atoms with Gasteiger partial charge in [-0.1, -0.05) is 36.4 Å². The van der Waals surface area contributed by atoms with E-state index in [2.05, 4.69) is 16.0 Å². The number of aromatic amines is 1. The van der Waals surface area contributed by atoms with E-state index >= 15 is 0 Å². The third-order valence-electron chi connectivity index (χ3n) is 3.40. The molecule has 0 saturated carbocycles. The van der Waals surface area contributed by atoms with Crippen molar-refractivity contribution in [3.63, 3.8) is 0 Å². The van der Waals surface area contributed by atoms with Gasteiger partial charge in [-0.25, -0.2) is 4.98 Å². The maximum Gasteiger partial charge on any atom is 0.270 e. The van der Waals surface area contributed by atoms with Crippen LogP contribution in [0.25, 0.3) is 22.7 Å². The predicted molar refractivity (Wildman–Crippen MR) is 91.8 cm³/mol. The van der Waals surface area contributed by atoms with Gasteiger partial charge in [0.2, 0.25) is 0 Å². The molecule has 0 bridgehead atoms. The Bertz CT molecular complexity index is 976. The van der Waals surface area contributed by atoms with Crippen molar-refractivity contribution in [1.82, 2.24) is 9.97 Å². The fraction of sp³-hybridized carbons (Fsp3) is 0. The molecule has 2 aromatic carbocycles. The summed E-state index contributed by atoms with van der Waals surface area (Å²) in [7, 11) is 0. The highest BCUT2D eigenvalue weighted by atomic mass is 16.6. The van der Waals surface area contributed by atoms with Crippen molar-refractivity contribution in [2.45, 2.75) is 0 Å². The van der Waals surface area contributed by atoms with Crippen LogP contribution in [0.15, 0.2) is 60.7 Å². The number of nitrogens with zero attached hydrogens (tertiary/aromatic N) is 3. The minimum absolute atomic E-state index is 0.0268. The standard InChI is InChI=1S/C18H12N4O2/c19-12-14(18-20-16-9-1-2-10-17(16)21-18)7-3-5-13-6-4-8-15(11-13)22(23)24/h1-11H,(H,20,21). The van der Waals surface area contributed by atoms with E-state index in [1.165, 1.54) is 12.1 Å². The second-order valence-corrected chi connectivity index (χ2v) is 5.01. The molecule has 6 nitrogen and oxygen atoms in total. The summed E-state index contributed by atoms with van der Waals surface area (Å²) in [6.45, 7) is 0. The van der Waals surface area contributed by atoms with E-state index < -0.39 is 4.92 Å². The number of hydrogen-bond donors (Lipinski definition) is 1. The van der Waals surface area contributed by atoms with Crippen molar-refractivity contribution in [1.29, 1.82) is 5.26 Å². The highest BCUT2D eigenvalue weighted by molar-refractivity contribution is 5.82. The number of non-ortho nitro benzene ring substituents is 1. The Labute approximate surface area is 137 Å². The van der Waals surface area contributed by atoms with Gasteiger partial charge < -0.3 is 4.98 Å². The molecule has 0 aliphatic heterocycles. The van der Waals surface area contributed by atoms with Crippen LogP contribution in [0.1, 0.15) is 11.4 Å². The fourth-order valence-electron chi connectivity index (χ4n) is 2.25. The number of rotatable bonds is 4. The average Bonchev–Trinajstić information content (AvgIpc) is 3.02. The number of benzene rings is 2. The second-order valence-electron chi connectivity index (χ2n) is 5.01. The van der Waals surface area contributed by atoms with Crippen molar-refractivity contribution >= 4 is 28.4 Å². The number of aromatic nitrogens is 2. The van der Waals surface area contributed by atoms with Gasteiger partial charge in [0.15, 0.2) is 0 Å². The van der Waals surface area contributed by atoms with E-state index in [4.69, 9.17) is 0 Å². The van der Waals surface area contributed by atoms with Gasteiger partial charge in [0.1, 0.15) is 11.9 Å². The molecule has 1 heterocycles. The molecule has 0 aliphatic rings. The first kappa shape index (κ1) is 15.2. The molecule has 1 aromatic heterocycles. The molecule has 3 rings (SSSR count). The number of imidazole rings is 1. The van der Waals surface area contributed by atoms with Crippen LogP contribution in [-0.4, -0.2) is 14.9 Å². The number of nitriles is 1. The number of nitrogens with one attached hydrogen (secondary N) is 1. The number of hydrogen-bond acceptors (Lipinski definition) is 4. The number of H-pyrrole nitrogens is 1. The van der Waals surface area contributed by atoms with Crippen LogP contribution in [0, 0.1) is 21.4 Å². The summed E-state index contributed by atoms with van der Waals surface area (Å²) >= 11 is 0. The smallest absolute Gasteiger partial charge is 0.270 e. The summed E-state index contributed by atoms with van der Waals surface area (Å²) in [4.78, 5) is 17.8. The molecule has 1 N–H and O–H groups in total. The number of fused-ring (bicyclic) bond motifs is 1. The summed E-state index contributed by atoms with van der Waals surface area (Å²) in [6, 6.07) is 15.9. The molecule has 0 fully saturated rings.